The molecule has 0 saturated carbocycles. The quantitative estimate of drug-likeness (QED) is 0.864. The molecule has 0 aliphatic carbocycles. The van der Waals surface area contributed by atoms with Gasteiger partial charge in [0.2, 0.25) is 15.9 Å². The zero-order chi connectivity index (χ0) is 13.3. The zero-order valence-corrected chi connectivity index (χ0v) is 12.1. The van der Waals surface area contributed by atoms with Crippen molar-refractivity contribution in [1.82, 2.24) is 10.0 Å². The summed E-state index contributed by atoms with van der Waals surface area (Å²) in [5.74, 6) is -0.131. The highest BCUT2D eigenvalue weighted by atomic mass is 79.9. The lowest BCUT2D eigenvalue weighted by atomic mass is 10.2. The molecule has 1 unspecified atom stereocenters. The maximum Gasteiger partial charge on any atom is 0.241 e. The van der Waals surface area contributed by atoms with Gasteiger partial charge in [0.25, 0.3) is 0 Å². The smallest absolute Gasteiger partial charge is 0.241 e. The third-order valence-corrected chi connectivity index (χ3v) is 4.89. The van der Waals surface area contributed by atoms with Crippen LogP contribution in [0.4, 0.5) is 0 Å². The van der Waals surface area contributed by atoms with Crippen LogP contribution in [0.1, 0.15) is 12.0 Å². The molecule has 0 radical (unpaired) electrons. The van der Waals surface area contributed by atoms with Crippen LogP contribution in [0, 0.1) is 6.92 Å². The Morgan fingerprint density at radius 3 is 2.78 bits per heavy atom. The van der Waals surface area contributed by atoms with Gasteiger partial charge >= 0.3 is 0 Å². The summed E-state index contributed by atoms with van der Waals surface area (Å²) in [7, 11) is -3.59. The predicted octanol–water partition coefficient (Wildman–Crippen LogP) is 0.924. The van der Waals surface area contributed by atoms with Gasteiger partial charge in [0.05, 0.1) is 4.90 Å². The lowest BCUT2D eigenvalue weighted by Gasteiger charge is -2.13. The second kappa shape index (κ2) is 4.99. The summed E-state index contributed by atoms with van der Waals surface area (Å²) < 4.78 is 27.6. The van der Waals surface area contributed by atoms with Crippen molar-refractivity contribution < 1.29 is 13.2 Å². The van der Waals surface area contributed by atoms with E-state index in [4.69, 9.17) is 0 Å². The first-order valence-corrected chi connectivity index (χ1v) is 7.71. The van der Waals surface area contributed by atoms with Gasteiger partial charge in [0.15, 0.2) is 0 Å². The summed E-state index contributed by atoms with van der Waals surface area (Å²) in [4.78, 5) is 11.3. The topological polar surface area (TPSA) is 75.3 Å². The van der Waals surface area contributed by atoms with Crippen LogP contribution in [-0.2, 0) is 14.8 Å². The van der Waals surface area contributed by atoms with Gasteiger partial charge in [0, 0.05) is 23.5 Å². The van der Waals surface area contributed by atoms with Gasteiger partial charge in [-0.3, -0.25) is 4.79 Å². The summed E-state index contributed by atoms with van der Waals surface area (Å²) in [6.07, 6.45) is 0.187. The van der Waals surface area contributed by atoms with E-state index >= 15 is 0 Å². The van der Waals surface area contributed by atoms with E-state index in [1.807, 2.05) is 0 Å². The molecule has 1 fully saturated rings. The fourth-order valence-electron chi connectivity index (χ4n) is 1.83. The van der Waals surface area contributed by atoms with Gasteiger partial charge in [-0.05, 0) is 24.6 Å². The van der Waals surface area contributed by atoms with Crippen LogP contribution in [0.2, 0.25) is 0 Å². The van der Waals surface area contributed by atoms with E-state index in [-0.39, 0.29) is 23.3 Å². The maximum absolute atomic E-state index is 12.2. The second-order valence-corrected chi connectivity index (χ2v) is 6.83. The molecule has 1 aromatic carbocycles. The van der Waals surface area contributed by atoms with Crippen LogP contribution in [0.15, 0.2) is 27.6 Å². The Kier molecular flexibility index (Phi) is 3.74. The van der Waals surface area contributed by atoms with Gasteiger partial charge in [-0.15, -0.1) is 0 Å². The first kappa shape index (κ1) is 13.5. The standard InChI is InChI=1S/C11H13BrN2O3S/c1-7-2-3-8(12)4-10(7)18(16,17)14-9-5-11(15)13-6-9/h2-4,9,14H,5-6H2,1H3,(H,13,15). The van der Waals surface area contributed by atoms with Crippen molar-refractivity contribution >= 4 is 31.9 Å². The number of hydrogen-bond acceptors (Lipinski definition) is 3. The molecule has 0 aromatic heterocycles. The minimum Gasteiger partial charge on any atom is -0.354 e. The van der Waals surface area contributed by atoms with Gasteiger partial charge in [-0.2, -0.15) is 0 Å². The highest BCUT2D eigenvalue weighted by Gasteiger charge is 2.27. The van der Waals surface area contributed by atoms with Gasteiger partial charge in [-0.1, -0.05) is 22.0 Å². The normalized spacial score (nSPS) is 19.9. The number of carbonyl (C=O) groups excluding carboxylic acids is 1. The number of aryl methyl sites for hydroxylation is 1. The summed E-state index contributed by atoms with van der Waals surface area (Å²) in [5, 5.41) is 2.59. The molecule has 1 heterocycles. The van der Waals surface area contributed by atoms with Crippen molar-refractivity contribution in [3.63, 3.8) is 0 Å². The minimum atomic E-state index is -3.59. The molecule has 1 aliphatic heterocycles. The average Bonchev–Trinajstić information content (AvgIpc) is 2.66. The SMILES string of the molecule is Cc1ccc(Br)cc1S(=O)(=O)NC1CNC(=O)C1. The third kappa shape index (κ3) is 2.90. The number of benzene rings is 1. The van der Waals surface area contributed by atoms with Crippen LogP contribution in [-0.4, -0.2) is 26.9 Å². The highest BCUT2D eigenvalue weighted by Crippen LogP contribution is 2.21. The number of hydrogen-bond donors (Lipinski definition) is 2. The summed E-state index contributed by atoms with van der Waals surface area (Å²) in [6.45, 7) is 2.07. The molecule has 1 aromatic rings. The van der Waals surface area contributed by atoms with E-state index in [0.717, 1.165) is 0 Å². The molecule has 0 bridgehead atoms. The van der Waals surface area contributed by atoms with Crippen LogP contribution >= 0.6 is 15.9 Å². The molecule has 2 rings (SSSR count). The van der Waals surface area contributed by atoms with Crippen LogP contribution in [0.25, 0.3) is 0 Å². The maximum atomic E-state index is 12.2. The van der Waals surface area contributed by atoms with E-state index in [1.165, 1.54) is 0 Å². The number of halogens is 1. The second-order valence-electron chi connectivity index (χ2n) is 4.24. The molecule has 2 N–H and O–H groups in total. The van der Waals surface area contributed by atoms with E-state index in [1.54, 1.807) is 25.1 Å². The molecule has 0 spiro atoms. The lowest BCUT2D eigenvalue weighted by Crippen LogP contribution is -2.36. The van der Waals surface area contributed by atoms with Crippen LogP contribution in [0.5, 0.6) is 0 Å². The molecule has 1 saturated heterocycles. The molecular weight excluding hydrogens is 320 g/mol. The van der Waals surface area contributed by atoms with Crippen LogP contribution < -0.4 is 10.0 Å². The predicted molar refractivity (Wildman–Crippen MR) is 70.6 cm³/mol. The number of nitrogens with one attached hydrogen (secondary N) is 2. The molecule has 18 heavy (non-hydrogen) atoms. The Morgan fingerprint density at radius 2 is 2.17 bits per heavy atom. The monoisotopic (exact) mass is 332 g/mol. The highest BCUT2D eigenvalue weighted by molar-refractivity contribution is 9.10. The number of amides is 1. The van der Waals surface area contributed by atoms with Crippen LogP contribution in [0.3, 0.4) is 0 Å². The fourth-order valence-corrected chi connectivity index (χ4v) is 3.85. The molecule has 98 valence electrons. The summed E-state index contributed by atoms with van der Waals surface area (Å²) >= 11 is 3.25. The Hall–Kier alpha value is -0.920. The Bertz CT molecular complexity index is 586. The molecule has 7 heteroatoms. The van der Waals surface area contributed by atoms with Crippen molar-refractivity contribution in [2.24, 2.45) is 0 Å². The number of rotatable bonds is 3. The van der Waals surface area contributed by atoms with E-state index in [9.17, 15) is 13.2 Å². The summed E-state index contributed by atoms with van der Waals surface area (Å²) in [6, 6.07) is 4.70. The molecule has 5 nitrogen and oxygen atoms in total. The van der Waals surface area contributed by atoms with Crippen molar-refractivity contribution in [3.05, 3.63) is 28.2 Å². The molecule has 1 aliphatic rings. The Labute approximate surface area is 114 Å². The third-order valence-electron chi connectivity index (χ3n) is 2.74. The molecule has 1 atom stereocenters. The van der Waals surface area contributed by atoms with Crippen molar-refractivity contribution in [3.8, 4) is 0 Å². The Morgan fingerprint density at radius 1 is 1.44 bits per heavy atom. The van der Waals surface area contributed by atoms with E-state index in [2.05, 4.69) is 26.0 Å². The first-order valence-electron chi connectivity index (χ1n) is 5.44. The van der Waals surface area contributed by atoms with Gasteiger partial charge < -0.3 is 5.32 Å². The Balaban J connectivity index is 2.25. The fraction of sp³-hybridized carbons (Fsp3) is 0.364. The van der Waals surface area contributed by atoms with Gasteiger partial charge in [-0.25, -0.2) is 13.1 Å². The largest absolute Gasteiger partial charge is 0.354 e. The van der Waals surface area contributed by atoms with Crippen molar-refractivity contribution in [2.75, 3.05) is 6.54 Å². The average molecular weight is 333 g/mol. The minimum absolute atomic E-state index is 0.131. The zero-order valence-electron chi connectivity index (χ0n) is 9.73. The van der Waals surface area contributed by atoms with Gasteiger partial charge in [0.1, 0.15) is 0 Å². The first-order chi connectivity index (χ1) is 8.38. The molecular formula is C11H13BrN2O3S. The number of sulfonamides is 1. The van der Waals surface area contributed by atoms with Crippen molar-refractivity contribution in [1.29, 1.82) is 0 Å². The molecule has 1 amide bonds. The number of carbonyl (C=O) groups is 1. The lowest BCUT2D eigenvalue weighted by molar-refractivity contribution is -0.119. The van der Waals surface area contributed by atoms with E-state index < -0.39 is 10.0 Å². The van der Waals surface area contributed by atoms with E-state index in [0.29, 0.717) is 16.6 Å². The van der Waals surface area contributed by atoms with Crippen molar-refractivity contribution in [2.45, 2.75) is 24.3 Å². The summed E-state index contributed by atoms with van der Waals surface area (Å²) in [5.41, 5.74) is 0.669.